The van der Waals surface area contributed by atoms with Crippen molar-refractivity contribution in [1.82, 2.24) is 5.43 Å². The second-order valence-corrected chi connectivity index (χ2v) is 6.69. The second-order valence-electron chi connectivity index (χ2n) is 5.53. The Morgan fingerprint density at radius 3 is 2.48 bits per heavy atom. The van der Waals surface area contributed by atoms with Crippen molar-refractivity contribution >= 4 is 40.7 Å². The van der Waals surface area contributed by atoms with Gasteiger partial charge in [0, 0.05) is 3.57 Å². The summed E-state index contributed by atoms with van der Waals surface area (Å²) < 4.78 is 11.3. The van der Waals surface area contributed by atoms with Crippen molar-refractivity contribution in [2.24, 2.45) is 5.10 Å². The summed E-state index contributed by atoms with van der Waals surface area (Å²) in [6.45, 7) is 1.70. The molecular weight excluding hydrogens is 459 g/mol. The third-order valence-electron chi connectivity index (χ3n) is 3.67. The van der Waals surface area contributed by atoms with Crippen molar-refractivity contribution in [1.29, 1.82) is 0 Å². The number of hydrazone groups is 1. The average molecular weight is 474 g/mol. The maximum atomic E-state index is 12.2. The monoisotopic (exact) mass is 474 g/mol. The number of nitrogens with zero attached hydrogens (tertiary/aromatic N) is 1. The summed E-state index contributed by atoms with van der Waals surface area (Å²) in [4.78, 5) is 24.1. The number of carbonyl (C=O) groups excluding carboxylic acids is 2. The fourth-order valence-corrected chi connectivity index (χ4v) is 2.86. The summed E-state index contributed by atoms with van der Waals surface area (Å²) >= 11 is 2.09. The maximum Gasteiger partial charge on any atom is 0.344 e. The number of amides is 1. The lowest BCUT2D eigenvalue weighted by Crippen LogP contribution is -2.17. The molecule has 3 aromatic rings. The van der Waals surface area contributed by atoms with Gasteiger partial charge in [-0.3, -0.25) is 4.79 Å². The number of nitrogens with one attached hydrogen (secondary N) is 1. The molecule has 7 heteroatoms. The zero-order valence-corrected chi connectivity index (χ0v) is 16.5. The molecule has 0 spiro atoms. The average Bonchev–Trinajstić information content (AvgIpc) is 3.09. The van der Waals surface area contributed by atoms with Gasteiger partial charge in [-0.25, -0.2) is 10.2 Å². The summed E-state index contributed by atoms with van der Waals surface area (Å²) in [5, 5.41) is 3.91. The highest BCUT2D eigenvalue weighted by Gasteiger charge is 2.12. The minimum Gasteiger partial charge on any atom is -0.469 e. The molecule has 0 aliphatic carbocycles. The van der Waals surface area contributed by atoms with E-state index in [4.69, 9.17) is 9.15 Å². The number of hydrogen-bond acceptors (Lipinski definition) is 5. The van der Waals surface area contributed by atoms with Crippen LogP contribution in [0.4, 0.5) is 0 Å². The largest absolute Gasteiger partial charge is 0.469 e. The molecule has 6 nitrogen and oxygen atoms in total. The standard InChI is InChI=1S/C20H15IN2O4/c1-13-16(10-11-26-13)19(24)23-22-12-14-6-8-15(9-7-14)27-20(25)17-4-2-3-5-18(17)21/h2-12H,1H3,(H,23,24)/b22-12-. The molecule has 2 aromatic carbocycles. The lowest BCUT2D eigenvalue weighted by molar-refractivity contribution is 0.0733. The van der Waals surface area contributed by atoms with Gasteiger partial charge in [0.1, 0.15) is 11.5 Å². The summed E-state index contributed by atoms with van der Waals surface area (Å²) in [6, 6.07) is 15.6. The molecule has 27 heavy (non-hydrogen) atoms. The second kappa shape index (κ2) is 8.63. The van der Waals surface area contributed by atoms with Crippen LogP contribution in [0.1, 0.15) is 32.0 Å². The molecule has 1 heterocycles. The summed E-state index contributed by atoms with van der Waals surface area (Å²) in [5.41, 5.74) is 4.13. The van der Waals surface area contributed by atoms with E-state index in [0.29, 0.717) is 22.6 Å². The molecule has 1 amide bonds. The zero-order chi connectivity index (χ0) is 19.2. The first kappa shape index (κ1) is 18.8. The third kappa shape index (κ3) is 4.82. The van der Waals surface area contributed by atoms with E-state index in [2.05, 4.69) is 33.1 Å². The Kier molecular flexibility index (Phi) is 6.02. The van der Waals surface area contributed by atoms with Gasteiger partial charge in [0.05, 0.1) is 23.6 Å². The Morgan fingerprint density at radius 1 is 1.07 bits per heavy atom. The molecular formula is C20H15IN2O4. The predicted octanol–water partition coefficient (Wildman–Crippen LogP) is 4.18. The minimum absolute atomic E-state index is 0.347. The van der Waals surface area contributed by atoms with Gasteiger partial charge in [-0.15, -0.1) is 0 Å². The molecule has 1 aromatic heterocycles. The lowest BCUT2D eigenvalue weighted by Gasteiger charge is -2.06. The molecule has 0 unspecified atom stereocenters. The van der Waals surface area contributed by atoms with Crippen molar-refractivity contribution in [2.75, 3.05) is 0 Å². The first-order chi connectivity index (χ1) is 13.0. The lowest BCUT2D eigenvalue weighted by atomic mass is 10.2. The number of aryl methyl sites for hydroxylation is 1. The van der Waals surface area contributed by atoms with Gasteiger partial charge in [-0.2, -0.15) is 5.10 Å². The van der Waals surface area contributed by atoms with Gasteiger partial charge < -0.3 is 9.15 Å². The Labute approximate surface area is 169 Å². The summed E-state index contributed by atoms with van der Waals surface area (Å²) in [7, 11) is 0. The van der Waals surface area contributed by atoms with E-state index >= 15 is 0 Å². The van der Waals surface area contributed by atoms with Crippen LogP contribution < -0.4 is 10.2 Å². The van der Waals surface area contributed by atoms with E-state index in [0.717, 1.165) is 9.13 Å². The normalized spacial score (nSPS) is 10.7. The predicted molar refractivity (Wildman–Crippen MR) is 109 cm³/mol. The number of carbonyl (C=O) groups is 2. The van der Waals surface area contributed by atoms with E-state index in [1.54, 1.807) is 49.4 Å². The van der Waals surface area contributed by atoms with Gasteiger partial charge in [-0.05, 0) is 77.5 Å². The van der Waals surface area contributed by atoms with Crippen LogP contribution in [0.5, 0.6) is 5.75 Å². The van der Waals surface area contributed by atoms with E-state index in [1.165, 1.54) is 12.5 Å². The van der Waals surface area contributed by atoms with Crippen molar-refractivity contribution in [3.63, 3.8) is 0 Å². The Hall–Kier alpha value is -2.94. The minimum atomic E-state index is -0.413. The summed E-state index contributed by atoms with van der Waals surface area (Å²) in [6.07, 6.45) is 2.95. The van der Waals surface area contributed by atoms with Gasteiger partial charge in [0.2, 0.25) is 0 Å². The Morgan fingerprint density at radius 2 is 1.81 bits per heavy atom. The third-order valence-corrected chi connectivity index (χ3v) is 4.61. The molecule has 0 radical (unpaired) electrons. The van der Waals surface area contributed by atoms with Crippen LogP contribution in [-0.2, 0) is 0 Å². The number of ether oxygens (including phenoxy) is 1. The Bertz CT molecular complexity index is 993. The fraction of sp³-hybridized carbons (Fsp3) is 0.0500. The molecule has 0 bridgehead atoms. The van der Waals surface area contributed by atoms with Crippen LogP contribution in [0.2, 0.25) is 0 Å². The molecule has 0 aliphatic heterocycles. The zero-order valence-electron chi connectivity index (χ0n) is 14.3. The molecule has 0 fully saturated rings. The molecule has 0 saturated heterocycles. The van der Waals surface area contributed by atoms with E-state index in [-0.39, 0.29) is 5.91 Å². The SMILES string of the molecule is Cc1occc1C(=O)N/N=C\c1ccc(OC(=O)c2ccccc2I)cc1. The van der Waals surface area contributed by atoms with Gasteiger partial charge in [0.15, 0.2) is 0 Å². The van der Waals surface area contributed by atoms with Crippen LogP contribution in [0.15, 0.2) is 70.4 Å². The molecule has 1 N–H and O–H groups in total. The van der Waals surface area contributed by atoms with Crippen molar-refractivity contribution in [3.8, 4) is 5.75 Å². The number of furan rings is 1. The maximum absolute atomic E-state index is 12.2. The Balaban J connectivity index is 1.59. The smallest absolute Gasteiger partial charge is 0.344 e. The topological polar surface area (TPSA) is 80.9 Å². The van der Waals surface area contributed by atoms with Crippen molar-refractivity contribution in [2.45, 2.75) is 6.92 Å². The van der Waals surface area contributed by atoms with E-state index in [1.807, 2.05) is 12.1 Å². The van der Waals surface area contributed by atoms with Gasteiger partial charge in [-0.1, -0.05) is 12.1 Å². The fourth-order valence-electron chi connectivity index (χ4n) is 2.26. The molecule has 0 aliphatic rings. The van der Waals surface area contributed by atoms with Crippen molar-refractivity contribution in [3.05, 3.63) is 86.9 Å². The van der Waals surface area contributed by atoms with Crippen LogP contribution >= 0.6 is 22.6 Å². The number of benzene rings is 2. The first-order valence-corrected chi connectivity index (χ1v) is 9.07. The highest BCUT2D eigenvalue weighted by atomic mass is 127. The van der Waals surface area contributed by atoms with Gasteiger partial charge in [0.25, 0.3) is 5.91 Å². The quantitative estimate of drug-likeness (QED) is 0.198. The van der Waals surface area contributed by atoms with Crippen molar-refractivity contribution < 1.29 is 18.7 Å². The molecule has 0 atom stereocenters. The first-order valence-electron chi connectivity index (χ1n) is 7.99. The summed E-state index contributed by atoms with van der Waals surface area (Å²) in [5.74, 6) is 0.196. The highest BCUT2D eigenvalue weighted by molar-refractivity contribution is 14.1. The van der Waals surface area contributed by atoms with Crippen LogP contribution in [0, 0.1) is 10.5 Å². The van der Waals surface area contributed by atoms with Gasteiger partial charge >= 0.3 is 5.97 Å². The molecule has 136 valence electrons. The van der Waals surface area contributed by atoms with E-state index in [9.17, 15) is 9.59 Å². The van der Waals surface area contributed by atoms with Crippen LogP contribution in [0.25, 0.3) is 0 Å². The number of halogens is 1. The number of hydrogen-bond donors (Lipinski definition) is 1. The molecule has 0 saturated carbocycles. The highest BCUT2D eigenvalue weighted by Crippen LogP contribution is 2.17. The van der Waals surface area contributed by atoms with Crippen LogP contribution in [-0.4, -0.2) is 18.1 Å². The number of esters is 1. The van der Waals surface area contributed by atoms with E-state index < -0.39 is 5.97 Å². The number of rotatable bonds is 5. The van der Waals surface area contributed by atoms with Crippen LogP contribution in [0.3, 0.4) is 0 Å². The molecule has 3 rings (SSSR count).